The van der Waals surface area contributed by atoms with Gasteiger partial charge in [0.2, 0.25) is 0 Å². The molecule has 1 aliphatic heterocycles. The summed E-state index contributed by atoms with van der Waals surface area (Å²) in [6.45, 7) is 11.3. The third-order valence-electron chi connectivity index (χ3n) is 4.84. The van der Waals surface area contributed by atoms with E-state index in [1.807, 2.05) is 19.1 Å². The van der Waals surface area contributed by atoms with Gasteiger partial charge in [-0.25, -0.2) is 0 Å². The maximum absolute atomic E-state index is 11.8. The molecule has 6 heteroatoms. The number of nitrogens with zero attached hydrogens (tertiary/aromatic N) is 1. The van der Waals surface area contributed by atoms with Gasteiger partial charge in [0.1, 0.15) is 18.5 Å². The number of benzene rings is 1. The van der Waals surface area contributed by atoms with Gasteiger partial charge in [-0.2, -0.15) is 0 Å². The lowest BCUT2D eigenvalue weighted by Gasteiger charge is -2.32. The van der Waals surface area contributed by atoms with E-state index >= 15 is 0 Å². The zero-order valence-electron chi connectivity index (χ0n) is 16.9. The lowest BCUT2D eigenvalue weighted by atomic mass is 9.87. The van der Waals surface area contributed by atoms with Crippen LogP contribution in [0.1, 0.15) is 46.1 Å². The van der Waals surface area contributed by atoms with Gasteiger partial charge < -0.3 is 19.5 Å². The number of β-amino-alcohol motifs (C(OH)–C–C–N with tert-alkyl or cyclic N) is 1. The van der Waals surface area contributed by atoms with Crippen LogP contribution in [0.4, 0.5) is 0 Å². The zero-order valence-corrected chi connectivity index (χ0v) is 17.8. The fourth-order valence-corrected chi connectivity index (χ4v) is 3.21. The Balaban J connectivity index is 0.00000364. The summed E-state index contributed by atoms with van der Waals surface area (Å²) in [4.78, 5) is 13.9. The van der Waals surface area contributed by atoms with E-state index in [4.69, 9.17) is 9.47 Å². The van der Waals surface area contributed by atoms with Crippen LogP contribution in [0.25, 0.3) is 0 Å². The number of rotatable bonds is 7. The van der Waals surface area contributed by atoms with Crippen molar-refractivity contribution >= 4 is 18.4 Å². The highest BCUT2D eigenvalue weighted by Crippen LogP contribution is 2.24. The van der Waals surface area contributed by atoms with E-state index in [-0.39, 0.29) is 36.3 Å². The predicted molar refractivity (Wildman–Crippen MR) is 110 cm³/mol. The largest absolute Gasteiger partial charge is 0.491 e. The molecule has 2 rings (SSSR count). The number of aliphatic hydroxyl groups is 1. The van der Waals surface area contributed by atoms with Crippen LogP contribution in [0.3, 0.4) is 0 Å². The first-order chi connectivity index (χ1) is 12.3. The van der Waals surface area contributed by atoms with Crippen LogP contribution in [0.5, 0.6) is 5.75 Å². The third-order valence-corrected chi connectivity index (χ3v) is 4.84. The summed E-state index contributed by atoms with van der Waals surface area (Å²) >= 11 is 0. The maximum atomic E-state index is 11.8. The standard InChI is InChI=1S/C21H33NO4.ClH/c1-5-25-20(24)16-10-12-22(13-11-16)14-18(23)15-26-19-8-6-17(7-9-19)21(2,3)4;/h6-9,16,18,23H,5,10-15H2,1-4H3;1H. The van der Waals surface area contributed by atoms with Crippen molar-refractivity contribution in [2.24, 2.45) is 5.92 Å². The topological polar surface area (TPSA) is 59.0 Å². The van der Waals surface area contributed by atoms with Gasteiger partial charge in [0.05, 0.1) is 12.5 Å². The maximum Gasteiger partial charge on any atom is 0.309 e. The Morgan fingerprint density at radius 1 is 1.22 bits per heavy atom. The first kappa shape index (κ1) is 23.7. The van der Waals surface area contributed by atoms with Crippen LogP contribution in [0, 0.1) is 5.92 Å². The minimum absolute atomic E-state index is 0. The van der Waals surface area contributed by atoms with Crippen LogP contribution < -0.4 is 4.74 Å². The van der Waals surface area contributed by atoms with Crippen molar-refractivity contribution in [3.8, 4) is 5.75 Å². The average Bonchev–Trinajstić information content (AvgIpc) is 2.60. The van der Waals surface area contributed by atoms with Crippen molar-refractivity contribution in [2.75, 3.05) is 32.8 Å². The van der Waals surface area contributed by atoms with Crippen molar-refractivity contribution in [2.45, 2.75) is 52.1 Å². The number of aliphatic hydroxyl groups excluding tert-OH is 1. The molecule has 1 N–H and O–H groups in total. The fourth-order valence-electron chi connectivity index (χ4n) is 3.21. The molecule has 0 aliphatic carbocycles. The van der Waals surface area contributed by atoms with E-state index < -0.39 is 6.10 Å². The molecule has 154 valence electrons. The van der Waals surface area contributed by atoms with Crippen molar-refractivity contribution in [3.63, 3.8) is 0 Å². The van der Waals surface area contributed by atoms with Crippen LogP contribution >= 0.6 is 12.4 Å². The summed E-state index contributed by atoms with van der Waals surface area (Å²) in [6, 6.07) is 8.06. The van der Waals surface area contributed by atoms with Gasteiger partial charge in [-0.3, -0.25) is 4.79 Å². The lowest BCUT2D eigenvalue weighted by molar-refractivity contribution is -0.149. The van der Waals surface area contributed by atoms with E-state index in [1.54, 1.807) is 0 Å². The SMILES string of the molecule is CCOC(=O)C1CCN(CC(O)COc2ccc(C(C)(C)C)cc2)CC1.Cl. The third kappa shape index (κ3) is 7.68. The molecule has 1 unspecified atom stereocenters. The molecule has 0 saturated carbocycles. The molecular weight excluding hydrogens is 366 g/mol. The van der Waals surface area contributed by atoms with Crippen molar-refractivity contribution in [3.05, 3.63) is 29.8 Å². The Morgan fingerprint density at radius 2 is 1.81 bits per heavy atom. The van der Waals surface area contributed by atoms with Crippen LogP contribution in [-0.2, 0) is 14.9 Å². The number of halogens is 1. The van der Waals surface area contributed by atoms with Crippen LogP contribution in [0.2, 0.25) is 0 Å². The smallest absolute Gasteiger partial charge is 0.309 e. The fraction of sp³-hybridized carbons (Fsp3) is 0.667. The van der Waals surface area contributed by atoms with E-state index in [2.05, 4.69) is 37.8 Å². The van der Waals surface area contributed by atoms with Gasteiger partial charge in [-0.05, 0) is 56.0 Å². The molecule has 0 aromatic heterocycles. The highest BCUT2D eigenvalue weighted by atomic mass is 35.5. The van der Waals surface area contributed by atoms with Crippen molar-refractivity contribution < 1.29 is 19.4 Å². The molecule has 1 fully saturated rings. The molecule has 1 atom stereocenters. The zero-order chi connectivity index (χ0) is 19.2. The van der Waals surface area contributed by atoms with Crippen LogP contribution in [-0.4, -0.2) is 54.9 Å². The molecule has 1 aromatic carbocycles. The summed E-state index contributed by atoms with van der Waals surface area (Å²) in [6.07, 6.45) is 1.04. The van der Waals surface area contributed by atoms with E-state index in [9.17, 15) is 9.90 Å². The highest BCUT2D eigenvalue weighted by Gasteiger charge is 2.26. The summed E-state index contributed by atoms with van der Waals surface area (Å²) in [7, 11) is 0. The van der Waals surface area contributed by atoms with E-state index in [0.29, 0.717) is 13.2 Å². The molecule has 0 amide bonds. The minimum Gasteiger partial charge on any atom is -0.491 e. The van der Waals surface area contributed by atoms with Gasteiger partial charge in [0, 0.05) is 6.54 Å². The summed E-state index contributed by atoms with van der Waals surface area (Å²) in [5.74, 6) is 0.689. The number of carbonyl (C=O) groups is 1. The molecule has 5 nitrogen and oxygen atoms in total. The molecule has 27 heavy (non-hydrogen) atoms. The Kier molecular flexibility index (Phi) is 9.57. The highest BCUT2D eigenvalue weighted by molar-refractivity contribution is 5.85. The molecule has 0 radical (unpaired) electrons. The van der Waals surface area contributed by atoms with Gasteiger partial charge in [0.15, 0.2) is 0 Å². The summed E-state index contributed by atoms with van der Waals surface area (Å²) in [5.41, 5.74) is 1.38. The molecule has 0 spiro atoms. The Bertz CT molecular complexity index is 563. The Hall–Kier alpha value is -1.30. The van der Waals surface area contributed by atoms with Gasteiger partial charge in [-0.1, -0.05) is 32.9 Å². The first-order valence-corrected chi connectivity index (χ1v) is 9.60. The van der Waals surface area contributed by atoms with Gasteiger partial charge >= 0.3 is 5.97 Å². The van der Waals surface area contributed by atoms with Gasteiger partial charge in [0.25, 0.3) is 0 Å². The average molecular weight is 400 g/mol. The molecule has 1 heterocycles. The summed E-state index contributed by atoms with van der Waals surface area (Å²) < 4.78 is 10.8. The monoisotopic (exact) mass is 399 g/mol. The quantitative estimate of drug-likeness (QED) is 0.712. The van der Waals surface area contributed by atoms with E-state index in [1.165, 1.54) is 5.56 Å². The second-order valence-electron chi connectivity index (χ2n) is 8.07. The van der Waals surface area contributed by atoms with Crippen molar-refractivity contribution in [1.29, 1.82) is 0 Å². The number of piperidine rings is 1. The first-order valence-electron chi connectivity index (χ1n) is 9.60. The number of likely N-dealkylation sites (tertiary alicyclic amines) is 1. The van der Waals surface area contributed by atoms with Crippen LogP contribution in [0.15, 0.2) is 24.3 Å². The summed E-state index contributed by atoms with van der Waals surface area (Å²) in [5, 5.41) is 10.2. The number of hydrogen-bond acceptors (Lipinski definition) is 5. The Labute approximate surface area is 169 Å². The minimum atomic E-state index is -0.545. The predicted octanol–water partition coefficient (Wildman–Crippen LogP) is 3.42. The molecule has 0 bridgehead atoms. The number of carbonyl (C=O) groups excluding carboxylic acids is 1. The van der Waals surface area contributed by atoms with E-state index in [0.717, 1.165) is 31.7 Å². The molecule has 1 saturated heterocycles. The second kappa shape index (κ2) is 10.9. The normalized spacial score (nSPS) is 17.1. The van der Waals surface area contributed by atoms with Crippen molar-refractivity contribution in [1.82, 2.24) is 4.90 Å². The Morgan fingerprint density at radius 3 is 2.33 bits per heavy atom. The second-order valence-corrected chi connectivity index (χ2v) is 8.07. The molecule has 1 aromatic rings. The number of ether oxygens (including phenoxy) is 2. The number of hydrogen-bond donors (Lipinski definition) is 1. The molecular formula is C21H34ClNO4. The number of esters is 1. The van der Waals surface area contributed by atoms with Gasteiger partial charge in [-0.15, -0.1) is 12.4 Å². The lowest BCUT2D eigenvalue weighted by Crippen LogP contribution is -2.42. The molecule has 1 aliphatic rings.